The van der Waals surface area contributed by atoms with Crippen LogP contribution in [0, 0.1) is 13.8 Å². The van der Waals surface area contributed by atoms with Crippen molar-refractivity contribution < 1.29 is 0 Å². The molecule has 2 heterocycles. The van der Waals surface area contributed by atoms with Gasteiger partial charge in [-0.05, 0) is 45.1 Å². The molecule has 1 N–H and O–H groups in total. The number of hydrogen-bond acceptors (Lipinski definition) is 5. The molecule has 0 atom stereocenters. The fraction of sp³-hybridized carbons (Fsp3) is 0.471. The molecule has 0 aromatic carbocycles. The number of pyridine rings is 1. The Kier molecular flexibility index (Phi) is 4.34. The van der Waals surface area contributed by atoms with Crippen LogP contribution in [0.4, 0.5) is 5.82 Å². The maximum absolute atomic E-state index is 4.73. The lowest BCUT2D eigenvalue weighted by atomic mass is 9.84. The van der Waals surface area contributed by atoms with Crippen molar-refractivity contribution in [2.45, 2.75) is 37.9 Å². The van der Waals surface area contributed by atoms with Gasteiger partial charge in [-0.25, -0.2) is 9.97 Å². The zero-order valence-corrected chi connectivity index (χ0v) is 14.2. The van der Waals surface area contributed by atoms with E-state index in [1.54, 1.807) is 6.20 Å². The Labute approximate surface area is 136 Å². The van der Waals surface area contributed by atoms with Crippen molar-refractivity contribution in [2.24, 2.45) is 0 Å². The molecule has 4 nitrogen and oxygen atoms in total. The molecule has 2 aromatic rings. The van der Waals surface area contributed by atoms with Crippen molar-refractivity contribution in [3.63, 3.8) is 0 Å². The van der Waals surface area contributed by atoms with Crippen LogP contribution in [0.3, 0.4) is 0 Å². The number of nitrogens with one attached hydrogen (secondary N) is 1. The zero-order chi connectivity index (χ0) is 15.6. The van der Waals surface area contributed by atoms with Gasteiger partial charge in [0.15, 0.2) is 5.82 Å². The summed E-state index contributed by atoms with van der Waals surface area (Å²) in [5.74, 6) is 1.69. The van der Waals surface area contributed by atoms with Crippen molar-refractivity contribution in [1.29, 1.82) is 0 Å². The molecule has 2 aromatic heterocycles. The zero-order valence-electron chi connectivity index (χ0n) is 13.4. The van der Waals surface area contributed by atoms with Crippen molar-refractivity contribution in [2.75, 3.05) is 18.1 Å². The maximum Gasteiger partial charge on any atom is 0.163 e. The SMILES string of the molecule is CSC1(CNc2nc(-c3cccnc3)nc(C)c2C)CCC1. The lowest BCUT2D eigenvalue weighted by molar-refractivity contribution is 0.379. The van der Waals surface area contributed by atoms with Gasteiger partial charge in [-0.1, -0.05) is 6.42 Å². The van der Waals surface area contributed by atoms with E-state index in [1.807, 2.05) is 37.0 Å². The predicted molar refractivity (Wildman–Crippen MR) is 93.3 cm³/mol. The van der Waals surface area contributed by atoms with Crippen LogP contribution < -0.4 is 5.32 Å². The molecule has 1 aliphatic carbocycles. The van der Waals surface area contributed by atoms with Gasteiger partial charge in [0, 0.05) is 40.5 Å². The molecule has 5 heteroatoms. The third-order valence-corrected chi connectivity index (χ3v) is 6.00. The van der Waals surface area contributed by atoms with Crippen LogP contribution in [0.25, 0.3) is 11.4 Å². The topological polar surface area (TPSA) is 50.7 Å². The second-order valence-electron chi connectivity index (χ2n) is 5.94. The Hall–Kier alpha value is -1.62. The highest BCUT2D eigenvalue weighted by Gasteiger charge is 2.36. The quantitative estimate of drug-likeness (QED) is 0.908. The third kappa shape index (κ3) is 2.95. The standard InChI is InChI=1S/C17H22N4S/c1-12-13(2)20-16(14-6-4-9-18-10-14)21-15(12)19-11-17(22-3)7-5-8-17/h4,6,9-10H,5,7-8,11H2,1-3H3,(H,19,20,21). The van der Waals surface area contributed by atoms with Gasteiger partial charge in [0.2, 0.25) is 0 Å². The largest absolute Gasteiger partial charge is 0.368 e. The van der Waals surface area contributed by atoms with Crippen LogP contribution in [0.1, 0.15) is 30.5 Å². The first-order valence-corrected chi connectivity index (χ1v) is 8.91. The Bertz CT molecular complexity index is 648. The fourth-order valence-corrected chi connectivity index (χ4v) is 3.61. The molecular weight excluding hydrogens is 292 g/mol. The molecule has 3 rings (SSSR count). The van der Waals surface area contributed by atoms with Gasteiger partial charge < -0.3 is 5.32 Å². The summed E-state index contributed by atoms with van der Waals surface area (Å²) in [5.41, 5.74) is 3.10. The van der Waals surface area contributed by atoms with E-state index >= 15 is 0 Å². The van der Waals surface area contributed by atoms with E-state index in [-0.39, 0.29) is 0 Å². The van der Waals surface area contributed by atoms with Crippen molar-refractivity contribution >= 4 is 17.6 Å². The summed E-state index contributed by atoms with van der Waals surface area (Å²) in [4.78, 5) is 13.5. The van der Waals surface area contributed by atoms with Crippen LogP contribution in [0.15, 0.2) is 24.5 Å². The number of aromatic nitrogens is 3. The van der Waals surface area contributed by atoms with Gasteiger partial charge >= 0.3 is 0 Å². The Morgan fingerprint density at radius 1 is 1.27 bits per heavy atom. The summed E-state index contributed by atoms with van der Waals surface area (Å²) in [7, 11) is 0. The number of hydrogen-bond donors (Lipinski definition) is 1. The second kappa shape index (κ2) is 6.24. The molecule has 116 valence electrons. The lowest BCUT2D eigenvalue weighted by Crippen LogP contribution is -2.40. The van der Waals surface area contributed by atoms with E-state index in [2.05, 4.69) is 28.5 Å². The molecule has 0 amide bonds. The van der Waals surface area contributed by atoms with Gasteiger partial charge in [-0.15, -0.1) is 0 Å². The third-order valence-electron chi connectivity index (χ3n) is 4.58. The van der Waals surface area contributed by atoms with Gasteiger partial charge in [-0.3, -0.25) is 4.98 Å². The first-order chi connectivity index (χ1) is 10.6. The average molecular weight is 314 g/mol. The molecule has 0 aliphatic heterocycles. The van der Waals surface area contributed by atoms with E-state index in [4.69, 9.17) is 4.98 Å². The molecule has 1 aliphatic rings. The molecule has 1 saturated carbocycles. The summed E-state index contributed by atoms with van der Waals surface area (Å²) in [5, 5.41) is 3.57. The Morgan fingerprint density at radius 2 is 2.09 bits per heavy atom. The summed E-state index contributed by atoms with van der Waals surface area (Å²) in [6.45, 7) is 5.09. The van der Waals surface area contributed by atoms with Gasteiger partial charge in [-0.2, -0.15) is 11.8 Å². The number of anilines is 1. The molecule has 0 radical (unpaired) electrons. The summed E-state index contributed by atoms with van der Waals surface area (Å²) in [6.07, 6.45) is 9.70. The molecular formula is C17H22N4S. The molecule has 0 bridgehead atoms. The summed E-state index contributed by atoms with van der Waals surface area (Å²) >= 11 is 1.97. The van der Waals surface area contributed by atoms with Crippen molar-refractivity contribution in [1.82, 2.24) is 15.0 Å². The van der Waals surface area contributed by atoms with Crippen molar-refractivity contribution in [3.8, 4) is 11.4 Å². The van der Waals surface area contributed by atoms with Crippen molar-refractivity contribution in [3.05, 3.63) is 35.8 Å². The molecule has 22 heavy (non-hydrogen) atoms. The molecule has 0 spiro atoms. The monoisotopic (exact) mass is 314 g/mol. The van der Waals surface area contributed by atoms with E-state index in [0.717, 1.165) is 35.0 Å². The number of rotatable bonds is 5. The smallest absolute Gasteiger partial charge is 0.163 e. The maximum atomic E-state index is 4.73. The van der Waals surface area contributed by atoms with E-state index in [1.165, 1.54) is 19.3 Å². The molecule has 0 unspecified atom stereocenters. The van der Waals surface area contributed by atoms with E-state index in [0.29, 0.717) is 4.75 Å². The first kappa shape index (κ1) is 15.3. The van der Waals surface area contributed by atoms with Crippen LogP contribution in [-0.4, -0.2) is 32.5 Å². The highest BCUT2D eigenvalue weighted by Crippen LogP contribution is 2.42. The van der Waals surface area contributed by atoms with Crippen LogP contribution in [-0.2, 0) is 0 Å². The van der Waals surface area contributed by atoms with Gasteiger partial charge in [0.25, 0.3) is 0 Å². The predicted octanol–water partition coefficient (Wildman–Crippen LogP) is 3.85. The minimum Gasteiger partial charge on any atom is -0.368 e. The highest BCUT2D eigenvalue weighted by molar-refractivity contribution is 8.00. The van der Waals surface area contributed by atoms with Gasteiger partial charge in [0.05, 0.1) is 0 Å². The van der Waals surface area contributed by atoms with Crippen LogP contribution >= 0.6 is 11.8 Å². The number of nitrogens with zero attached hydrogens (tertiary/aromatic N) is 3. The molecule has 1 fully saturated rings. The highest BCUT2D eigenvalue weighted by atomic mass is 32.2. The number of thioether (sulfide) groups is 1. The van der Waals surface area contributed by atoms with Gasteiger partial charge in [0.1, 0.15) is 5.82 Å². The minimum atomic E-state index is 0.389. The molecule has 0 saturated heterocycles. The van der Waals surface area contributed by atoms with E-state index < -0.39 is 0 Å². The fourth-order valence-electron chi connectivity index (χ4n) is 2.69. The first-order valence-electron chi connectivity index (χ1n) is 7.68. The summed E-state index contributed by atoms with van der Waals surface area (Å²) < 4.78 is 0.389. The second-order valence-corrected chi connectivity index (χ2v) is 7.22. The average Bonchev–Trinajstić information content (AvgIpc) is 2.51. The van der Waals surface area contributed by atoms with E-state index in [9.17, 15) is 0 Å². The normalized spacial score (nSPS) is 16.1. The van der Waals surface area contributed by atoms with Crippen LogP contribution in [0.5, 0.6) is 0 Å². The Morgan fingerprint density at radius 3 is 2.68 bits per heavy atom. The minimum absolute atomic E-state index is 0.389. The number of aryl methyl sites for hydroxylation is 1. The summed E-state index contributed by atoms with van der Waals surface area (Å²) in [6, 6.07) is 3.91. The Balaban J connectivity index is 1.86. The van der Waals surface area contributed by atoms with Crippen LogP contribution in [0.2, 0.25) is 0 Å². The lowest BCUT2D eigenvalue weighted by Gasteiger charge is -2.40.